The van der Waals surface area contributed by atoms with Crippen LogP contribution < -0.4 is 0 Å². The van der Waals surface area contributed by atoms with Crippen LogP contribution in [0.1, 0.15) is 16.9 Å². The van der Waals surface area contributed by atoms with Gasteiger partial charge in [0.1, 0.15) is 0 Å². The van der Waals surface area contributed by atoms with Crippen molar-refractivity contribution in [2.45, 2.75) is 12.2 Å². The summed E-state index contributed by atoms with van der Waals surface area (Å²) in [4.78, 5) is 13.5. The molecule has 0 bridgehead atoms. The molecule has 6 heteroatoms. The topological polar surface area (TPSA) is 32.7 Å². The van der Waals surface area contributed by atoms with Crippen LogP contribution in [0.15, 0.2) is 51.4 Å². The quantitative estimate of drug-likeness (QED) is 0.753. The van der Waals surface area contributed by atoms with Crippen LogP contribution in [-0.4, -0.2) is 28.9 Å². The number of hydrogen-bond donors (Lipinski definition) is 0. The van der Waals surface area contributed by atoms with Gasteiger partial charge in [0.2, 0.25) is 0 Å². The van der Waals surface area contributed by atoms with Crippen LogP contribution >= 0.6 is 39.0 Å². The Kier molecular flexibility index (Phi) is 5.33. The zero-order chi connectivity index (χ0) is 15.4. The fourth-order valence-corrected chi connectivity index (χ4v) is 4.96. The van der Waals surface area contributed by atoms with Crippen molar-refractivity contribution in [3.8, 4) is 0 Å². The first-order valence-corrected chi connectivity index (χ1v) is 9.79. The maximum Gasteiger partial charge on any atom is 0.252 e. The molecule has 1 aromatic carbocycles. The molecule has 0 fully saturated rings. The number of rotatable bonds is 5. The lowest BCUT2D eigenvalue weighted by atomic mass is 10.1. The Hall–Kier alpha value is -1.11. The summed E-state index contributed by atoms with van der Waals surface area (Å²) in [6.07, 6.45) is 0.830. The number of carbonyl (C=O) groups is 1. The second-order valence-electron chi connectivity index (χ2n) is 4.86. The molecular formula is C16H15BrN2OS2. The van der Waals surface area contributed by atoms with E-state index in [4.69, 9.17) is 0 Å². The largest absolute Gasteiger partial charge is 0.272 e. The first-order valence-electron chi connectivity index (χ1n) is 6.97. The van der Waals surface area contributed by atoms with Crippen molar-refractivity contribution in [3.05, 3.63) is 56.7 Å². The van der Waals surface area contributed by atoms with Crippen LogP contribution in [0, 0.1) is 0 Å². The van der Waals surface area contributed by atoms with E-state index in [-0.39, 0.29) is 5.91 Å². The zero-order valence-corrected chi connectivity index (χ0v) is 15.1. The monoisotopic (exact) mass is 394 g/mol. The van der Waals surface area contributed by atoms with E-state index in [1.165, 1.54) is 4.88 Å². The van der Waals surface area contributed by atoms with Gasteiger partial charge in [-0.25, -0.2) is 5.01 Å². The van der Waals surface area contributed by atoms with E-state index in [1.807, 2.05) is 36.4 Å². The maximum absolute atomic E-state index is 12.2. The van der Waals surface area contributed by atoms with Gasteiger partial charge in [-0.15, -0.1) is 23.1 Å². The third kappa shape index (κ3) is 3.80. The Balaban J connectivity index is 1.53. The highest BCUT2D eigenvalue weighted by Crippen LogP contribution is 2.27. The predicted octanol–water partition coefficient (Wildman–Crippen LogP) is 4.38. The number of nitrogens with zero attached hydrogens (tertiary/aromatic N) is 2. The van der Waals surface area contributed by atoms with E-state index >= 15 is 0 Å². The summed E-state index contributed by atoms with van der Waals surface area (Å²) in [6, 6.07) is 12.1. The summed E-state index contributed by atoms with van der Waals surface area (Å²) in [5, 5.41) is 8.14. The Morgan fingerprint density at radius 3 is 2.86 bits per heavy atom. The molecule has 2 aromatic rings. The summed E-state index contributed by atoms with van der Waals surface area (Å²) in [6.45, 7) is 0.687. The molecule has 0 saturated heterocycles. The van der Waals surface area contributed by atoms with Crippen molar-refractivity contribution < 1.29 is 4.79 Å². The average Bonchev–Trinajstić information content (AvgIpc) is 3.18. The third-order valence-corrected chi connectivity index (χ3v) is 6.40. The standard InChI is InChI=1S/C16H15BrN2OS2/c17-13-7-9-22-15(13)10-21-11-16(20)19-8-6-14(18-19)12-4-2-1-3-5-12/h1-5,7,9H,6,8,10-11H2. The van der Waals surface area contributed by atoms with Gasteiger partial charge in [-0.2, -0.15) is 5.10 Å². The molecule has 1 amide bonds. The number of carbonyl (C=O) groups excluding carboxylic acids is 1. The lowest BCUT2D eigenvalue weighted by Gasteiger charge is -2.10. The number of thiophene rings is 1. The van der Waals surface area contributed by atoms with Gasteiger partial charge in [-0.3, -0.25) is 4.79 Å². The summed E-state index contributed by atoms with van der Waals surface area (Å²) in [7, 11) is 0. The van der Waals surface area contributed by atoms with Crippen molar-refractivity contribution in [2.75, 3.05) is 12.3 Å². The van der Waals surface area contributed by atoms with Crippen LogP contribution in [0.3, 0.4) is 0 Å². The third-order valence-electron chi connectivity index (χ3n) is 3.35. The molecule has 3 rings (SSSR count). The van der Waals surface area contributed by atoms with Gasteiger partial charge < -0.3 is 0 Å². The summed E-state index contributed by atoms with van der Waals surface area (Å²) >= 11 is 6.86. The van der Waals surface area contributed by atoms with Crippen molar-refractivity contribution >= 4 is 50.6 Å². The molecule has 22 heavy (non-hydrogen) atoms. The van der Waals surface area contributed by atoms with Crippen molar-refractivity contribution in [1.29, 1.82) is 0 Å². The molecule has 0 unspecified atom stereocenters. The van der Waals surface area contributed by atoms with Gasteiger partial charge in [0.25, 0.3) is 5.91 Å². The number of amides is 1. The molecule has 0 aliphatic carbocycles. The first-order chi connectivity index (χ1) is 10.7. The van der Waals surface area contributed by atoms with Crippen LogP contribution in [0.25, 0.3) is 0 Å². The first kappa shape index (κ1) is 15.8. The molecule has 114 valence electrons. The molecule has 0 radical (unpaired) electrons. The Bertz CT molecular complexity index is 684. The number of thioether (sulfide) groups is 1. The molecule has 0 saturated carbocycles. The van der Waals surface area contributed by atoms with Gasteiger partial charge in [0, 0.05) is 21.5 Å². The van der Waals surface area contributed by atoms with E-state index in [9.17, 15) is 4.79 Å². The Morgan fingerprint density at radius 1 is 1.32 bits per heavy atom. The normalized spacial score (nSPS) is 14.2. The van der Waals surface area contributed by atoms with Crippen molar-refractivity contribution in [1.82, 2.24) is 5.01 Å². The summed E-state index contributed by atoms with van der Waals surface area (Å²) in [5.74, 6) is 1.41. The molecule has 0 N–H and O–H groups in total. The minimum atomic E-state index is 0.0867. The molecule has 2 heterocycles. The van der Waals surface area contributed by atoms with Crippen LogP contribution in [0.2, 0.25) is 0 Å². The van der Waals surface area contributed by atoms with Crippen LogP contribution in [0.4, 0.5) is 0 Å². The highest BCUT2D eigenvalue weighted by atomic mass is 79.9. The number of hydrogen-bond acceptors (Lipinski definition) is 4. The fourth-order valence-electron chi connectivity index (χ4n) is 2.20. The minimum Gasteiger partial charge on any atom is -0.272 e. The second-order valence-corrected chi connectivity index (χ2v) is 7.70. The van der Waals surface area contributed by atoms with E-state index in [0.29, 0.717) is 12.3 Å². The molecule has 0 atom stereocenters. The van der Waals surface area contributed by atoms with E-state index in [1.54, 1.807) is 28.1 Å². The maximum atomic E-state index is 12.2. The van der Waals surface area contributed by atoms with Crippen LogP contribution in [0.5, 0.6) is 0 Å². The minimum absolute atomic E-state index is 0.0867. The van der Waals surface area contributed by atoms with Gasteiger partial charge in [-0.05, 0) is 32.9 Å². The molecule has 1 aromatic heterocycles. The van der Waals surface area contributed by atoms with Gasteiger partial charge in [0.05, 0.1) is 18.0 Å². The SMILES string of the molecule is O=C(CSCc1sccc1Br)N1CCC(c2ccccc2)=N1. The van der Waals surface area contributed by atoms with Gasteiger partial charge >= 0.3 is 0 Å². The molecular weight excluding hydrogens is 380 g/mol. The van der Waals surface area contributed by atoms with E-state index < -0.39 is 0 Å². The Morgan fingerprint density at radius 2 is 2.14 bits per heavy atom. The number of halogens is 1. The Labute approximate surface area is 146 Å². The highest BCUT2D eigenvalue weighted by Gasteiger charge is 2.21. The van der Waals surface area contributed by atoms with Gasteiger partial charge in [-0.1, -0.05) is 30.3 Å². The van der Waals surface area contributed by atoms with Crippen molar-refractivity contribution in [3.63, 3.8) is 0 Å². The van der Waals surface area contributed by atoms with E-state index in [0.717, 1.165) is 27.9 Å². The van der Waals surface area contributed by atoms with E-state index in [2.05, 4.69) is 26.4 Å². The zero-order valence-electron chi connectivity index (χ0n) is 11.9. The van der Waals surface area contributed by atoms with Gasteiger partial charge in [0.15, 0.2) is 0 Å². The average molecular weight is 395 g/mol. The predicted molar refractivity (Wildman–Crippen MR) is 97.5 cm³/mol. The molecule has 3 nitrogen and oxygen atoms in total. The van der Waals surface area contributed by atoms with Crippen LogP contribution in [-0.2, 0) is 10.5 Å². The molecule has 1 aliphatic rings. The molecule has 0 spiro atoms. The fraction of sp³-hybridized carbons (Fsp3) is 0.250. The second kappa shape index (κ2) is 7.44. The lowest BCUT2D eigenvalue weighted by Crippen LogP contribution is -2.25. The lowest BCUT2D eigenvalue weighted by molar-refractivity contribution is -0.127. The number of benzene rings is 1. The highest BCUT2D eigenvalue weighted by molar-refractivity contribution is 9.10. The number of hydrazone groups is 1. The van der Waals surface area contributed by atoms with Crippen molar-refractivity contribution in [2.24, 2.45) is 5.10 Å². The summed E-state index contributed by atoms with van der Waals surface area (Å²) in [5.41, 5.74) is 2.10. The molecule has 1 aliphatic heterocycles. The smallest absolute Gasteiger partial charge is 0.252 e. The summed E-state index contributed by atoms with van der Waals surface area (Å²) < 4.78 is 1.13.